The Morgan fingerprint density at radius 2 is 1.88 bits per heavy atom. The van der Waals surface area contributed by atoms with Gasteiger partial charge in [0.05, 0.1) is 4.90 Å². The number of fused-ring (bicyclic) bond motifs is 1. The van der Waals surface area contributed by atoms with Crippen LogP contribution < -0.4 is 9.62 Å². The van der Waals surface area contributed by atoms with Crippen LogP contribution in [0.4, 0.5) is 5.69 Å². The average Bonchev–Trinajstić information content (AvgIpc) is 3.33. The third-order valence-corrected chi connectivity index (χ3v) is 6.59. The maximum Gasteiger partial charge on any atom is 0.258 e. The number of anilines is 1. The first-order valence-corrected chi connectivity index (χ1v) is 10.4. The van der Waals surface area contributed by atoms with Crippen LogP contribution in [-0.4, -0.2) is 26.4 Å². The van der Waals surface area contributed by atoms with Gasteiger partial charge in [0.2, 0.25) is 10.0 Å². The molecule has 0 saturated heterocycles. The van der Waals surface area contributed by atoms with Gasteiger partial charge in [-0.2, -0.15) is 0 Å². The van der Waals surface area contributed by atoms with Gasteiger partial charge < -0.3 is 4.90 Å². The topological polar surface area (TPSA) is 66.5 Å². The second-order valence-corrected chi connectivity index (χ2v) is 8.94. The first kappa shape index (κ1) is 17.2. The van der Waals surface area contributed by atoms with E-state index in [1.54, 1.807) is 17.0 Å². The quantitative estimate of drug-likeness (QED) is 0.900. The van der Waals surface area contributed by atoms with Crippen LogP contribution in [-0.2, 0) is 16.4 Å². The van der Waals surface area contributed by atoms with Crippen LogP contribution in [0, 0.1) is 6.92 Å². The van der Waals surface area contributed by atoms with Crippen LogP contribution in [0.5, 0.6) is 0 Å². The number of benzene rings is 2. The maximum atomic E-state index is 13.3. The number of carbonyl (C=O) groups is 1. The number of nitrogens with zero attached hydrogens (tertiary/aromatic N) is 1. The normalized spacial score (nSPS) is 19.5. The van der Waals surface area contributed by atoms with Crippen molar-refractivity contribution < 1.29 is 13.2 Å². The van der Waals surface area contributed by atoms with E-state index in [0.29, 0.717) is 5.56 Å². The predicted molar refractivity (Wildman–Crippen MR) is 101 cm³/mol. The summed E-state index contributed by atoms with van der Waals surface area (Å²) in [6.07, 6.45) is 2.56. The number of carbonyl (C=O) groups excluding carboxylic acids is 1. The zero-order valence-corrected chi connectivity index (χ0v) is 15.7. The van der Waals surface area contributed by atoms with Crippen LogP contribution in [0.15, 0.2) is 47.4 Å². The Balaban J connectivity index is 1.71. The molecule has 1 saturated carbocycles. The number of sulfonamides is 1. The van der Waals surface area contributed by atoms with Crippen molar-refractivity contribution in [3.05, 3.63) is 59.2 Å². The van der Waals surface area contributed by atoms with E-state index in [-0.39, 0.29) is 22.9 Å². The highest BCUT2D eigenvalue weighted by atomic mass is 32.2. The van der Waals surface area contributed by atoms with Gasteiger partial charge in [-0.1, -0.05) is 24.3 Å². The standard InChI is InChI=1S/C20H22N2O3S/c1-13-7-10-17(26(24,25)21-16-8-9-16)12-18(13)20(23)22-14(2)11-15-5-3-4-6-19(15)22/h3-7,10,12,14,16,21H,8-9,11H2,1-2H3/t14-/m1/s1. The molecular formula is C20H22N2O3S. The molecule has 0 spiro atoms. The highest BCUT2D eigenvalue weighted by molar-refractivity contribution is 7.89. The Morgan fingerprint density at radius 1 is 1.15 bits per heavy atom. The van der Waals surface area contributed by atoms with Gasteiger partial charge in [-0.15, -0.1) is 0 Å². The van der Waals surface area contributed by atoms with E-state index >= 15 is 0 Å². The fourth-order valence-corrected chi connectivity index (χ4v) is 4.82. The molecule has 0 radical (unpaired) electrons. The molecule has 0 bridgehead atoms. The van der Waals surface area contributed by atoms with Crippen LogP contribution in [0.1, 0.15) is 41.3 Å². The van der Waals surface area contributed by atoms with Crippen LogP contribution in [0.3, 0.4) is 0 Å². The van der Waals surface area contributed by atoms with Gasteiger partial charge in [0.15, 0.2) is 0 Å². The van der Waals surface area contributed by atoms with E-state index in [4.69, 9.17) is 0 Å². The third kappa shape index (κ3) is 3.04. The monoisotopic (exact) mass is 370 g/mol. The smallest absolute Gasteiger partial charge is 0.258 e. The number of rotatable bonds is 4. The average molecular weight is 370 g/mol. The molecule has 2 aromatic rings. The van der Waals surface area contributed by atoms with Crippen molar-refractivity contribution in [3.63, 3.8) is 0 Å². The van der Waals surface area contributed by atoms with Crippen molar-refractivity contribution in [3.8, 4) is 0 Å². The number of hydrogen-bond acceptors (Lipinski definition) is 3. The number of nitrogens with one attached hydrogen (secondary N) is 1. The fourth-order valence-electron chi connectivity index (χ4n) is 3.49. The Labute approximate surface area is 154 Å². The first-order chi connectivity index (χ1) is 12.4. The van der Waals surface area contributed by atoms with Gasteiger partial charge in [0.25, 0.3) is 5.91 Å². The first-order valence-electron chi connectivity index (χ1n) is 8.91. The lowest BCUT2D eigenvalue weighted by Gasteiger charge is -2.24. The summed E-state index contributed by atoms with van der Waals surface area (Å²) in [5.74, 6) is -0.150. The van der Waals surface area contributed by atoms with Crippen LogP contribution >= 0.6 is 0 Å². The summed E-state index contributed by atoms with van der Waals surface area (Å²) in [6.45, 7) is 3.85. The lowest BCUT2D eigenvalue weighted by Crippen LogP contribution is -2.36. The van der Waals surface area contributed by atoms with Gasteiger partial charge in [-0.05, 0) is 62.4 Å². The van der Waals surface area contributed by atoms with Crippen molar-refractivity contribution in [2.75, 3.05) is 4.90 Å². The van der Waals surface area contributed by atoms with Gasteiger partial charge in [-0.25, -0.2) is 13.1 Å². The molecule has 1 N–H and O–H groups in total. The van der Waals surface area contributed by atoms with E-state index in [2.05, 4.69) is 4.72 Å². The summed E-state index contributed by atoms with van der Waals surface area (Å²) in [4.78, 5) is 15.2. The highest BCUT2D eigenvalue weighted by Gasteiger charge is 2.33. The molecule has 1 fully saturated rings. The molecule has 5 nitrogen and oxygen atoms in total. The van der Waals surface area contributed by atoms with E-state index in [1.165, 1.54) is 6.07 Å². The summed E-state index contributed by atoms with van der Waals surface area (Å²) in [7, 11) is -3.59. The molecule has 4 rings (SSSR count). The van der Waals surface area contributed by atoms with Gasteiger partial charge in [0, 0.05) is 23.3 Å². The molecule has 6 heteroatoms. The predicted octanol–water partition coefficient (Wildman–Crippen LogP) is 3.03. The van der Waals surface area contributed by atoms with E-state index in [9.17, 15) is 13.2 Å². The summed E-state index contributed by atoms with van der Waals surface area (Å²) in [6, 6.07) is 12.7. The Hall–Kier alpha value is -2.18. The summed E-state index contributed by atoms with van der Waals surface area (Å²) in [5.41, 5.74) is 3.27. The Kier molecular flexibility index (Phi) is 4.12. The van der Waals surface area contributed by atoms with E-state index < -0.39 is 10.0 Å². The van der Waals surface area contributed by atoms with Crippen molar-refractivity contribution in [2.45, 2.75) is 50.1 Å². The summed E-state index contributed by atoms with van der Waals surface area (Å²) < 4.78 is 27.7. The highest BCUT2D eigenvalue weighted by Crippen LogP contribution is 2.34. The molecule has 136 valence electrons. The molecule has 1 aliphatic heterocycles. The minimum Gasteiger partial charge on any atom is -0.305 e. The maximum absolute atomic E-state index is 13.3. The molecule has 26 heavy (non-hydrogen) atoms. The number of aryl methyl sites for hydroxylation is 1. The van der Waals surface area contributed by atoms with E-state index in [0.717, 1.165) is 36.1 Å². The molecule has 2 aromatic carbocycles. The van der Waals surface area contributed by atoms with Crippen molar-refractivity contribution in [2.24, 2.45) is 0 Å². The third-order valence-electron chi connectivity index (χ3n) is 5.07. The van der Waals surface area contributed by atoms with Gasteiger partial charge in [-0.3, -0.25) is 4.79 Å². The zero-order chi connectivity index (χ0) is 18.5. The fraction of sp³-hybridized carbons (Fsp3) is 0.350. The second kappa shape index (κ2) is 6.21. The van der Waals surface area contributed by atoms with Gasteiger partial charge >= 0.3 is 0 Å². The summed E-state index contributed by atoms with van der Waals surface area (Å²) in [5, 5.41) is 0. The zero-order valence-electron chi connectivity index (χ0n) is 14.9. The van der Waals surface area contributed by atoms with Crippen molar-refractivity contribution in [1.29, 1.82) is 0 Å². The molecule has 1 amide bonds. The van der Waals surface area contributed by atoms with Crippen molar-refractivity contribution >= 4 is 21.6 Å². The van der Waals surface area contributed by atoms with Crippen LogP contribution in [0.25, 0.3) is 0 Å². The SMILES string of the molecule is Cc1ccc(S(=O)(=O)NC2CC2)cc1C(=O)N1c2ccccc2C[C@H]1C. The number of hydrogen-bond donors (Lipinski definition) is 1. The Morgan fingerprint density at radius 3 is 2.62 bits per heavy atom. The molecule has 1 aliphatic carbocycles. The number of para-hydroxylation sites is 1. The van der Waals surface area contributed by atoms with Crippen LogP contribution in [0.2, 0.25) is 0 Å². The second-order valence-electron chi connectivity index (χ2n) is 7.23. The molecule has 2 aliphatic rings. The largest absolute Gasteiger partial charge is 0.305 e. The molecule has 0 unspecified atom stereocenters. The molecule has 1 heterocycles. The lowest BCUT2D eigenvalue weighted by atomic mass is 10.1. The molecular weight excluding hydrogens is 348 g/mol. The molecule has 1 atom stereocenters. The number of amides is 1. The van der Waals surface area contributed by atoms with E-state index in [1.807, 2.05) is 38.1 Å². The lowest BCUT2D eigenvalue weighted by molar-refractivity contribution is 0.0980. The minimum atomic E-state index is -3.59. The molecule has 0 aromatic heterocycles. The Bertz CT molecular complexity index is 980. The van der Waals surface area contributed by atoms with Gasteiger partial charge in [0.1, 0.15) is 0 Å². The van der Waals surface area contributed by atoms with Crippen molar-refractivity contribution in [1.82, 2.24) is 4.72 Å². The minimum absolute atomic E-state index is 0.0333. The summed E-state index contributed by atoms with van der Waals surface area (Å²) >= 11 is 0.